The van der Waals surface area contributed by atoms with Crippen molar-refractivity contribution in [3.8, 4) is 5.75 Å². The standard InChI is InChI=1S/C14H16ClNOS/c1-2-10-8-11(5-6-12(10)15)17-13(9-16)14-4-3-7-18-14/h3-8,13H,2,9,16H2,1H3. The lowest BCUT2D eigenvalue weighted by atomic mass is 10.1. The van der Waals surface area contributed by atoms with Gasteiger partial charge in [-0.25, -0.2) is 0 Å². The molecule has 1 unspecified atom stereocenters. The van der Waals surface area contributed by atoms with Crippen molar-refractivity contribution < 1.29 is 4.74 Å². The highest BCUT2D eigenvalue weighted by molar-refractivity contribution is 7.10. The van der Waals surface area contributed by atoms with Crippen LogP contribution in [0.5, 0.6) is 5.75 Å². The van der Waals surface area contributed by atoms with E-state index >= 15 is 0 Å². The number of hydrogen-bond donors (Lipinski definition) is 1. The fourth-order valence-electron chi connectivity index (χ4n) is 1.76. The molecule has 0 amide bonds. The van der Waals surface area contributed by atoms with Crippen LogP contribution in [0, 0.1) is 0 Å². The summed E-state index contributed by atoms with van der Waals surface area (Å²) in [5.41, 5.74) is 6.86. The highest BCUT2D eigenvalue weighted by atomic mass is 35.5. The summed E-state index contributed by atoms with van der Waals surface area (Å²) >= 11 is 7.75. The van der Waals surface area contributed by atoms with Crippen LogP contribution < -0.4 is 10.5 Å². The van der Waals surface area contributed by atoms with Crippen molar-refractivity contribution in [3.63, 3.8) is 0 Å². The molecule has 2 rings (SSSR count). The molecule has 1 aromatic carbocycles. The molecule has 2 N–H and O–H groups in total. The minimum absolute atomic E-state index is 0.0871. The Balaban J connectivity index is 2.17. The fourth-order valence-corrected chi connectivity index (χ4v) is 2.78. The van der Waals surface area contributed by atoms with Crippen molar-refractivity contribution in [2.24, 2.45) is 5.73 Å². The average molecular weight is 282 g/mol. The molecule has 4 heteroatoms. The molecule has 0 aliphatic carbocycles. The zero-order chi connectivity index (χ0) is 13.0. The van der Waals surface area contributed by atoms with Crippen LogP contribution in [0.25, 0.3) is 0 Å². The molecule has 96 valence electrons. The molecule has 0 aliphatic heterocycles. The van der Waals surface area contributed by atoms with Crippen molar-refractivity contribution in [2.45, 2.75) is 19.4 Å². The van der Waals surface area contributed by atoms with Gasteiger partial charge in [0.2, 0.25) is 0 Å². The van der Waals surface area contributed by atoms with Crippen LogP contribution in [0.4, 0.5) is 0 Å². The molecular weight excluding hydrogens is 266 g/mol. The van der Waals surface area contributed by atoms with Crippen molar-refractivity contribution in [1.82, 2.24) is 0 Å². The second-order valence-electron chi connectivity index (χ2n) is 3.96. The first-order valence-corrected chi connectivity index (χ1v) is 7.19. The SMILES string of the molecule is CCc1cc(OC(CN)c2cccs2)ccc1Cl. The third-order valence-electron chi connectivity index (χ3n) is 2.75. The number of thiophene rings is 1. The van der Waals surface area contributed by atoms with E-state index in [4.69, 9.17) is 22.1 Å². The summed E-state index contributed by atoms with van der Waals surface area (Å²) < 4.78 is 5.93. The van der Waals surface area contributed by atoms with Gasteiger partial charge in [0.25, 0.3) is 0 Å². The average Bonchev–Trinajstić information content (AvgIpc) is 2.91. The Morgan fingerprint density at radius 2 is 2.22 bits per heavy atom. The molecule has 0 bridgehead atoms. The van der Waals surface area contributed by atoms with Crippen molar-refractivity contribution in [3.05, 3.63) is 51.2 Å². The number of hydrogen-bond acceptors (Lipinski definition) is 3. The maximum atomic E-state index is 6.09. The van der Waals surface area contributed by atoms with Crippen molar-refractivity contribution in [2.75, 3.05) is 6.54 Å². The van der Waals surface area contributed by atoms with Gasteiger partial charge in [-0.15, -0.1) is 11.3 Å². The van der Waals surface area contributed by atoms with Crippen LogP contribution in [0.15, 0.2) is 35.7 Å². The largest absolute Gasteiger partial charge is 0.484 e. The van der Waals surface area contributed by atoms with E-state index in [1.165, 1.54) is 0 Å². The van der Waals surface area contributed by atoms with Gasteiger partial charge in [0.05, 0.1) is 0 Å². The Hall–Kier alpha value is -1.03. The summed E-state index contributed by atoms with van der Waals surface area (Å²) in [5, 5.41) is 2.81. The molecule has 2 nitrogen and oxygen atoms in total. The third kappa shape index (κ3) is 3.05. The van der Waals surface area contributed by atoms with Crippen LogP contribution in [0.2, 0.25) is 5.02 Å². The first kappa shape index (κ1) is 13.4. The number of halogens is 1. The number of rotatable bonds is 5. The highest BCUT2D eigenvalue weighted by Gasteiger charge is 2.13. The molecule has 2 aromatic rings. The first-order chi connectivity index (χ1) is 8.74. The Kier molecular flexibility index (Phi) is 4.64. The smallest absolute Gasteiger partial charge is 0.145 e. The lowest BCUT2D eigenvalue weighted by Gasteiger charge is -2.17. The maximum Gasteiger partial charge on any atom is 0.145 e. The van der Waals surface area contributed by atoms with Gasteiger partial charge in [-0.1, -0.05) is 24.6 Å². The zero-order valence-corrected chi connectivity index (χ0v) is 11.8. The summed E-state index contributed by atoms with van der Waals surface area (Å²) in [6.07, 6.45) is 0.804. The van der Waals surface area contributed by atoms with E-state index in [2.05, 4.69) is 6.92 Å². The molecule has 0 saturated heterocycles. The van der Waals surface area contributed by atoms with Gasteiger partial charge in [0.15, 0.2) is 0 Å². The highest BCUT2D eigenvalue weighted by Crippen LogP contribution is 2.28. The van der Waals surface area contributed by atoms with E-state index < -0.39 is 0 Å². The maximum absolute atomic E-state index is 6.09. The molecule has 18 heavy (non-hydrogen) atoms. The van der Waals surface area contributed by atoms with E-state index in [9.17, 15) is 0 Å². The van der Waals surface area contributed by atoms with Crippen LogP contribution in [0.3, 0.4) is 0 Å². The Morgan fingerprint density at radius 3 is 2.83 bits per heavy atom. The van der Waals surface area contributed by atoms with E-state index in [0.717, 1.165) is 27.6 Å². The van der Waals surface area contributed by atoms with Gasteiger partial charge in [0.1, 0.15) is 11.9 Å². The second-order valence-corrected chi connectivity index (χ2v) is 5.35. The molecule has 1 atom stereocenters. The van der Waals surface area contributed by atoms with Crippen molar-refractivity contribution in [1.29, 1.82) is 0 Å². The molecule has 0 radical (unpaired) electrons. The number of benzene rings is 1. The minimum atomic E-state index is -0.0871. The molecule has 1 heterocycles. The van der Waals surface area contributed by atoms with E-state index in [1.807, 2.05) is 35.7 Å². The van der Waals surface area contributed by atoms with Gasteiger partial charge in [-0.2, -0.15) is 0 Å². The zero-order valence-electron chi connectivity index (χ0n) is 10.2. The molecular formula is C14H16ClNOS. The van der Waals surface area contributed by atoms with Gasteiger partial charge in [-0.05, 0) is 41.6 Å². The van der Waals surface area contributed by atoms with Crippen LogP contribution in [0.1, 0.15) is 23.5 Å². The fraction of sp³-hybridized carbons (Fsp3) is 0.286. The minimum Gasteiger partial charge on any atom is -0.484 e. The third-order valence-corrected chi connectivity index (χ3v) is 4.08. The Morgan fingerprint density at radius 1 is 1.39 bits per heavy atom. The second kappa shape index (κ2) is 6.23. The topological polar surface area (TPSA) is 35.2 Å². The summed E-state index contributed by atoms with van der Waals surface area (Å²) in [5.74, 6) is 0.820. The molecule has 0 fully saturated rings. The molecule has 0 aliphatic rings. The molecule has 0 saturated carbocycles. The van der Waals surface area contributed by atoms with Crippen molar-refractivity contribution >= 4 is 22.9 Å². The van der Waals surface area contributed by atoms with Crippen LogP contribution in [-0.2, 0) is 6.42 Å². The number of ether oxygens (including phenoxy) is 1. The number of aryl methyl sites for hydroxylation is 1. The van der Waals surface area contributed by atoms with E-state index in [0.29, 0.717) is 6.54 Å². The monoisotopic (exact) mass is 281 g/mol. The van der Waals surface area contributed by atoms with E-state index in [1.54, 1.807) is 11.3 Å². The summed E-state index contributed by atoms with van der Waals surface area (Å²) in [7, 11) is 0. The van der Waals surface area contributed by atoms with Gasteiger partial charge >= 0.3 is 0 Å². The molecule has 0 spiro atoms. The van der Waals surface area contributed by atoms with E-state index in [-0.39, 0.29) is 6.10 Å². The Labute approximate surface area is 116 Å². The van der Waals surface area contributed by atoms with Gasteiger partial charge < -0.3 is 10.5 Å². The molecule has 1 aromatic heterocycles. The summed E-state index contributed by atoms with van der Waals surface area (Å²) in [6.45, 7) is 2.54. The lowest BCUT2D eigenvalue weighted by Crippen LogP contribution is -2.17. The van der Waals surface area contributed by atoms with Crippen LogP contribution >= 0.6 is 22.9 Å². The predicted octanol–water partition coefficient (Wildman–Crippen LogP) is 4.04. The first-order valence-electron chi connectivity index (χ1n) is 5.93. The van der Waals surface area contributed by atoms with Gasteiger partial charge in [-0.3, -0.25) is 0 Å². The number of nitrogens with two attached hydrogens (primary N) is 1. The lowest BCUT2D eigenvalue weighted by molar-refractivity contribution is 0.218. The summed E-state index contributed by atoms with van der Waals surface area (Å²) in [4.78, 5) is 1.14. The summed E-state index contributed by atoms with van der Waals surface area (Å²) in [6, 6.07) is 9.79. The van der Waals surface area contributed by atoms with Gasteiger partial charge in [0, 0.05) is 16.4 Å². The normalized spacial score (nSPS) is 12.4. The Bertz CT molecular complexity index is 499. The predicted molar refractivity (Wildman–Crippen MR) is 77.6 cm³/mol. The van der Waals surface area contributed by atoms with Crippen LogP contribution in [-0.4, -0.2) is 6.54 Å². The quantitative estimate of drug-likeness (QED) is 0.898.